The molecule has 0 aliphatic heterocycles. The molecule has 2 rings (SSSR count). The molecular formula is C14H22F3N3S. The summed E-state index contributed by atoms with van der Waals surface area (Å²) in [6, 6.07) is 0.619. The number of hydrogen-bond donors (Lipinski definition) is 1. The van der Waals surface area contributed by atoms with Gasteiger partial charge in [-0.25, -0.2) is 4.98 Å². The van der Waals surface area contributed by atoms with Crippen LogP contribution in [0.15, 0.2) is 0 Å². The number of hydrogen-bond acceptors (Lipinski definition) is 4. The summed E-state index contributed by atoms with van der Waals surface area (Å²) in [5.74, 6) is 0. The highest BCUT2D eigenvalue weighted by Gasteiger charge is 2.28. The topological polar surface area (TPSA) is 28.2 Å². The van der Waals surface area contributed by atoms with Crippen molar-refractivity contribution in [2.24, 2.45) is 0 Å². The number of aromatic nitrogens is 1. The highest BCUT2D eigenvalue weighted by atomic mass is 32.1. The molecule has 0 amide bonds. The molecule has 0 saturated heterocycles. The first-order chi connectivity index (χ1) is 9.89. The number of thiazole rings is 1. The first-order valence-electron chi connectivity index (χ1n) is 7.39. The molecule has 0 unspecified atom stereocenters. The summed E-state index contributed by atoms with van der Waals surface area (Å²) in [5.41, 5.74) is 1.03. The molecule has 3 nitrogen and oxygen atoms in total. The minimum atomic E-state index is -4.12. The Bertz CT molecular complexity index is 455. The van der Waals surface area contributed by atoms with E-state index in [1.165, 1.54) is 24.2 Å². The van der Waals surface area contributed by atoms with Gasteiger partial charge >= 0.3 is 6.18 Å². The van der Waals surface area contributed by atoms with Crippen molar-refractivity contribution < 1.29 is 13.2 Å². The monoisotopic (exact) mass is 321 g/mol. The molecule has 0 radical (unpaired) electrons. The molecule has 21 heavy (non-hydrogen) atoms. The molecule has 1 aromatic rings. The zero-order valence-electron chi connectivity index (χ0n) is 12.5. The third kappa shape index (κ3) is 5.47. The molecule has 1 fully saturated rings. The van der Waals surface area contributed by atoms with Crippen molar-refractivity contribution in [1.82, 2.24) is 10.3 Å². The van der Waals surface area contributed by atoms with Crippen LogP contribution in [-0.2, 0) is 13.0 Å². The molecule has 120 valence electrons. The molecule has 1 aliphatic carbocycles. The van der Waals surface area contributed by atoms with E-state index < -0.39 is 12.6 Å². The lowest BCUT2D eigenvalue weighted by molar-refractivity contribution is -0.132. The molecule has 0 bridgehead atoms. The number of nitrogens with one attached hydrogen (secondary N) is 1. The van der Waals surface area contributed by atoms with Crippen LogP contribution in [0.5, 0.6) is 0 Å². The van der Waals surface area contributed by atoms with Crippen LogP contribution in [0.2, 0.25) is 0 Å². The molecule has 1 saturated carbocycles. The van der Waals surface area contributed by atoms with E-state index in [0.29, 0.717) is 11.2 Å². The van der Waals surface area contributed by atoms with Crippen molar-refractivity contribution >= 4 is 16.5 Å². The van der Waals surface area contributed by atoms with Gasteiger partial charge in [-0.2, -0.15) is 13.2 Å². The molecule has 1 heterocycles. The molecule has 1 aliphatic rings. The fourth-order valence-corrected chi connectivity index (χ4v) is 3.06. The van der Waals surface area contributed by atoms with Crippen molar-refractivity contribution in [2.45, 2.75) is 57.8 Å². The Balaban J connectivity index is 1.98. The number of aryl methyl sites for hydroxylation is 1. The van der Waals surface area contributed by atoms with Gasteiger partial charge in [0.25, 0.3) is 0 Å². The average molecular weight is 321 g/mol. The second-order valence-electron chi connectivity index (χ2n) is 5.56. The van der Waals surface area contributed by atoms with Gasteiger partial charge in [0.05, 0.1) is 12.1 Å². The molecule has 1 aromatic heterocycles. The molecule has 1 N–H and O–H groups in total. The Morgan fingerprint density at radius 3 is 2.67 bits per heavy atom. The van der Waals surface area contributed by atoms with E-state index in [1.54, 1.807) is 11.9 Å². The summed E-state index contributed by atoms with van der Waals surface area (Å²) in [7, 11) is 1.68. The fourth-order valence-electron chi connectivity index (χ4n) is 2.02. The van der Waals surface area contributed by atoms with Crippen molar-refractivity contribution in [1.29, 1.82) is 0 Å². The maximum absolute atomic E-state index is 12.3. The maximum Gasteiger partial charge on any atom is 0.390 e. The molecule has 0 atom stereocenters. The summed E-state index contributed by atoms with van der Waals surface area (Å²) in [4.78, 5) is 7.31. The zero-order chi connectivity index (χ0) is 15.5. The first-order valence-corrected chi connectivity index (χ1v) is 8.20. The number of nitrogens with zero attached hydrogens (tertiary/aromatic N) is 2. The standard InChI is InChI=1S/C14H22F3N3S/c1-3-4-11-12(9-18-10-5-6-10)21-13(19-11)20(2)8-7-14(15,16)17/h10,18H,3-9H2,1-2H3. The van der Waals surface area contributed by atoms with E-state index >= 15 is 0 Å². The van der Waals surface area contributed by atoms with Crippen LogP contribution in [0.25, 0.3) is 0 Å². The summed E-state index contributed by atoms with van der Waals surface area (Å²) in [6.07, 6.45) is -0.604. The van der Waals surface area contributed by atoms with Crippen molar-refractivity contribution in [3.8, 4) is 0 Å². The van der Waals surface area contributed by atoms with Crippen LogP contribution < -0.4 is 10.2 Å². The van der Waals surface area contributed by atoms with Crippen molar-refractivity contribution in [3.05, 3.63) is 10.6 Å². The lowest BCUT2D eigenvalue weighted by Crippen LogP contribution is -2.23. The summed E-state index contributed by atoms with van der Waals surface area (Å²) in [5, 5.41) is 4.14. The predicted octanol–water partition coefficient (Wildman–Crippen LogP) is 3.74. The van der Waals surface area contributed by atoms with Gasteiger partial charge < -0.3 is 10.2 Å². The Kier molecular flexibility index (Phi) is 5.48. The van der Waals surface area contributed by atoms with Crippen molar-refractivity contribution in [2.75, 3.05) is 18.5 Å². The van der Waals surface area contributed by atoms with E-state index in [1.807, 2.05) is 0 Å². The first kappa shape index (κ1) is 16.5. The molecule has 7 heteroatoms. The van der Waals surface area contributed by atoms with Gasteiger partial charge in [-0.05, 0) is 19.3 Å². The van der Waals surface area contributed by atoms with Crippen molar-refractivity contribution in [3.63, 3.8) is 0 Å². The number of halogens is 3. The molecule has 0 aromatic carbocycles. The minimum Gasteiger partial charge on any atom is -0.351 e. The zero-order valence-corrected chi connectivity index (χ0v) is 13.3. The summed E-state index contributed by atoms with van der Waals surface area (Å²) < 4.78 is 36.9. The normalized spacial score (nSPS) is 15.5. The third-order valence-electron chi connectivity index (χ3n) is 3.44. The average Bonchev–Trinajstić information content (AvgIpc) is 3.15. The SMILES string of the molecule is CCCc1nc(N(C)CCC(F)(F)F)sc1CNC1CC1. The van der Waals surface area contributed by atoms with Gasteiger partial charge in [0.2, 0.25) is 0 Å². The number of anilines is 1. The Hall–Kier alpha value is -0.820. The number of alkyl halides is 3. The van der Waals surface area contributed by atoms with Gasteiger partial charge in [-0.1, -0.05) is 13.3 Å². The Morgan fingerprint density at radius 1 is 1.38 bits per heavy atom. The maximum atomic E-state index is 12.3. The second-order valence-corrected chi connectivity index (χ2v) is 6.62. The Morgan fingerprint density at radius 2 is 2.10 bits per heavy atom. The van der Waals surface area contributed by atoms with Crippen LogP contribution in [0.4, 0.5) is 18.3 Å². The third-order valence-corrected chi connectivity index (χ3v) is 4.65. The van der Waals surface area contributed by atoms with Gasteiger partial charge in [-0.3, -0.25) is 0 Å². The largest absolute Gasteiger partial charge is 0.390 e. The highest BCUT2D eigenvalue weighted by Crippen LogP contribution is 2.29. The van der Waals surface area contributed by atoms with Gasteiger partial charge in [0, 0.05) is 31.1 Å². The quantitative estimate of drug-likeness (QED) is 0.790. The Labute approximate surface area is 127 Å². The van der Waals surface area contributed by atoms with Gasteiger partial charge in [-0.15, -0.1) is 11.3 Å². The van der Waals surface area contributed by atoms with Crippen LogP contribution in [0, 0.1) is 0 Å². The van der Waals surface area contributed by atoms with Crippen LogP contribution >= 0.6 is 11.3 Å². The summed E-state index contributed by atoms with van der Waals surface area (Å²) in [6.45, 7) is 2.83. The van der Waals surface area contributed by atoms with E-state index in [0.717, 1.165) is 30.0 Å². The smallest absolute Gasteiger partial charge is 0.351 e. The van der Waals surface area contributed by atoms with E-state index in [9.17, 15) is 13.2 Å². The molecule has 0 spiro atoms. The number of rotatable bonds is 8. The summed E-state index contributed by atoms with van der Waals surface area (Å²) >= 11 is 1.51. The minimum absolute atomic E-state index is 0.0436. The van der Waals surface area contributed by atoms with E-state index in [-0.39, 0.29) is 6.54 Å². The lowest BCUT2D eigenvalue weighted by atomic mass is 10.2. The van der Waals surface area contributed by atoms with E-state index in [4.69, 9.17) is 0 Å². The molecular weight excluding hydrogens is 299 g/mol. The highest BCUT2D eigenvalue weighted by molar-refractivity contribution is 7.15. The van der Waals surface area contributed by atoms with Gasteiger partial charge in [0.15, 0.2) is 5.13 Å². The van der Waals surface area contributed by atoms with Crippen LogP contribution in [0.3, 0.4) is 0 Å². The fraction of sp³-hybridized carbons (Fsp3) is 0.786. The second kappa shape index (κ2) is 6.96. The lowest BCUT2D eigenvalue weighted by Gasteiger charge is -2.16. The van der Waals surface area contributed by atoms with Gasteiger partial charge in [0.1, 0.15) is 0 Å². The van der Waals surface area contributed by atoms with Crippen LogP contribution in [-0.4, -0.2) is 30.8 Å². The van der Waals surface area contributed by atoms with Crippen LogP contribution in [0.1, 0.15) is 43.2 Å². The predicted molar refractivity (Wildman–Crippen MR) is 79.9 cm³/mol. The van der Waals surface area contributed by atoms with E-state index in [2.05, 4.69) is 17.2 Å².